The van der Waals surface area contributed by atoms with Crippen molar-refractivity contribution < 1.29 is 17.9 Å². The molecule has 1 rings (SSSR count). The second-order valence-electron chi connectivity index (χ2n) is 5.48. The number of sulfonamides is 1. The van der Waals surface area contributed by atoms with Crippen LogP contribution in [0.2, 0.25) is 0 Å². The zero-order valence-electron chi connectivity index (χ0n) is 13.5. The molecule has 1 aromatic carbocycles. The summed E-state index contributed by atoms with van der Waals surface area (Å²) in [4.78, 5) is 11.8. The number of rotatable bonds is 8. The maximum Gasteiger partial charge on any atom is 0.232 e. The van der Waals surface area contributed by atoms with E-state index in [4.69, 9.17) is 4.74 Å². The second-order valence-corrected chi connectivity index (χ2v) is 7.39. The molecular formula is C15H24N2O4S. The van der Waals surface area contributed by atoms with E-state index in [2.05, 4.69) is 5.32 Å². The molecule has 0 saturated heterocycles. The van der Waals surface area contributed by atoms with E-state index in [1.54, 1.807) is 31.4 Å². The highest BCUT2D eigenvalue weighted by Gasteiger charge is 2.18. The Bertz CT molecular complexity index is 582. The van der Waals surface area contributed by atoms with Gasteiger partial charge in [-0.25, -0.2) is 8.42 Å². The molecule has 0 heterocycles. The van der Waals surface area contributed by atoms with E-state index in [9.17, 15) is 13.2 Å². The van der Waals surface area contributed by atoms with Crippen molar-refractivity contribution >= 4 is 21.6 Å². The molecule has 0 atom stereocenters. The first-order chi connectivity index (χ1) is 10.2. The average molecular weight is 328 g/mol. The summed E-state index contributed by atoms with van der Waals surface area (Å²) in [7, 11) is -1.91. The minimum Gasteiger partial charge on any atom is -0.497 e. The van der Waals surface area contributed by atoms with Gasteiger partial charge in [-0.15, -0.1) is 0 Å². The zero-order valence-corrected chi connectivity index (χ0v) is 14.3. The fraction of sp³-hybridized carbons (Fsp3) is 0.533. The quantitative estimate of drug-likeness (QED) is 0.787. The number of hydrogen-bond donors (Lipinski definition) is 1. The van der Waals surface area contributed by atoms with Crippen molar-refractivity contribution in [1.82, 2.24) is 5.32 Å². The van der Waals surface area contributed by atoms with Crippen LogP contribution in [0.25, 0.3) is 0 Å². The molecule has 0 bridgehead atoms. The minimum atomic E-state index is -3.45. The highest BCUT2D eigenvalue weighted by atomic mass is 32.2. The first-order valence-electron chi connectivity index (χ1n) is 7.12. The number of carbonyl (C=O) groups is 1. The number of carbonyl (C=O) groups excluding carboxylic acids is 1. The van der Waals surface area contributed by atoms with Crippen LogP contribution >= 0.6 is 0 Å². The average Bonchev–Trinajstić information content (AvgIpc) is 2.44. The Balaban J connectivity index is 2.75. The Kier molecular flexibility index (Phi) is 6.67. The summed E-state index contributed by atoms with van der Waals surface area (Å²) in [5.74, 6) is 0.847. The molecule has 1 aromatic rings. The van der Waals surface area contributed by atoms with Gasteiger partial charge in [0.15, 0.2) is 0 Å². The van der Waals surface area contributed by atoms with Gasteiger partial charge in [0, 0.05) is 19.5 Å². The lowest BCUT2D eigenvalue weighted by molar-refractivity contribution is -0.121. The monoisotopic (exact) mass is 328 g/mol. The molecule has 0 fully saturated rings. The lowest BCUT2D eigenvalue weighted by Gasteiger charge is -2.22. The molecule has 0 aliphatic carbocycles. The minimum absolute atomic E-state index is 0.106. The van der Waals surface area contributed by atoms with E-state index >= 15 is 0 Å². The standard InChI is InChI=1S/C15H24N2O4S/c1-12(2)11-16-15(18)9-10-17(22(4,19)20)13-5-7-14(21-3)8-6-13/h5-8,12H,9-11H2,1-4H3,(H,16,18). The van der Waals surface area contributed by atoms with Crippen LogP contribution in [0.5, 0.6) is 5.75 Å². The fourth-order valence-electron chi connectivity index (χ4n) is 1.84. The van der Waals surface area contributed by atoms with E-state index in [1.807, 2.05) is 13.8 Å². The van der Waals surface area contributed by atoms with Gasteiger partial charge >= 0.3 is 0 Å². The SMILES string of the molecule is COc1ccc(N(CCC(=O)NCC(C)C)S(C)(=O)=O)cc1. The predicted octanol–water partition coefficient (Wildman–Crippen LogP) is 1.62. The molecule has 124 valence electrons. The summed E-state index contributed by atoms with van der Waals surface area (Å²) in [5, 5.41) is 2.78. The molecule has 22 heavy (non-hydrogen) atoms. The molecule has 0 aromatic heterocycles. The van der Waals surface area contributed by atoms with Gasteiger partial charge in [0.05, 0.1) is 19.1 Å². The van der Waals surface area contributed by atoms with E-state index in [1.165, 1.54) is 4.31 Å². The summed E-state index contributed by atoms with van der Waals surface area (Å²) in [6.45, 7) is 4.69. The summed E-state index contributed by atoms with van der Waals surface area (Å²) in [6, 6.07) is 6.69. The van der Waals surface area contributed by atoms with Crippen LogP contribution in [0.15, 0.2) is 24.3 Å². The van der Waals surface area contributed by atoms with Gasteiger partial charge in [0.1, 0.15) is 5.75 Å². The van der Waals surface area contributed by atoms with Crippen LogP contribution in [0.3, 0.4) is 0 Å². The molecule has 1 N–H and O–H groups in total. The van der Waals surface area contributed by atoms with Crippen molar-refractivity contribution in [3.63, 3.8) is 0 Å². The Hall–Kier alpha value is -1.76. The third-order valence-electron chi connectivity index (χ3n) is 3.01. The molecule has 1 amide bonds. The number of nitrogens with one attached hydrogen (secondary N) is 1. The zero-order chi connectivity index (χ0) is 16.8. The third-order valence-corrected chi connectivity index (χ3v) is 4.20. The van der Waals surface area contributed by atoms with Crippen molar-refractivity contribution in [2.45, 2.75) is 20.3 Å². The Morgan fingerprint density at radius 1 is 1.27 bits per heavy atom. The molecule has 0 spiro atoms. The third kappa shape index (κ3) is 5.93. The smallest absolute Gasteiger partial charge is 0.232 e. The van der Waals surface area contributed by atoms with Gasteiger partial charge in [-0.05, 0) is 30.2 Å². The van der Waals surface area contributed by atoms with Crippen LogP contribution in [-0.2, 0) is 14.8 Å². The normalized spacial score (nSPS) is 11.3. The summed E-state index contributed by atoms with van der Waals surface area (Å²) >= 11 is 0. The molecule has 6 nitrogen and oxygen atoms in total. The summed E-state index contributed by atoms with van der Waals surface area (Å²) < 4.78 is 30.1. The fourth-order valence-corrected chi connectivity index (χ4v) is 2.77. The first kappa shape index (κ1) is 18.3. The lowest BCUT2D eigenvalue weighted by Crippen LogP contribution is -2.35. The number of anilines is 1. The molecule has 0 radical (unpaired) electrons. The first-order valence-corrected chi connectivity index (χ1v) is 8.97. The maximum atomic E-state index is 11.9. The number of benzene rings is 1. The van der Waals surface area contributed by atoms with E-state index < -0.39 is 10.0 Å². The van der Waals surface area contributed by atoms with Crippen LogP contribution in [0.1, 0.15) is 20.3 Å². The number of nitrogens with zero attached hydrogens (tertiary/aromatic N) is 1. The molecule has 0 unspecified atom stereocenters. The van der Waals surface area contributed by atoms with Crippen LogP contribution in [0.4, 0.5) is 5.69 Å². The van der Waals surface area contributed by atoms with Gasteiger partial charge in [-0.1, -0.05) is 13.8 Å². The van der Waals surface area contributed by atoms with Crippen LogP contribution < -0.4 is 14.4 Å². The molecule has 0 saturated carbocycles. The Labute approximate surface area is 132 Å². The van der Waals surface area contributed by atoms with Gasteiger partial charge in [-0.3, -0.25) is 9.10 Å². The van der Waals surface area contributed by atoms with E-state index in [0.29, 0.717) is 23.9 Å². The Morgan fingerprint density at radius 2 is 1.86 bits per heavy atom. The van der Waals surface area contributed by atoms with Gasteiger partial charge < -0.3 is 10.1 Å². The van der Waals surface area contributed by atoms with Gasteiger partial charge in [0.25, 0.3) is 0 Å². The Morgan fingerprint density at radius 3 is 2.32 bits per heavy atom. The molecular weight excluding hydrogens is 304 g/mol. The van der Waals surface area contributed by atoms with Crippen LogP contribution in [-0.4, -0.2) is 40.8 Å². The van der Waals surface area contributed by atoms with Gasteiger partial charge in [-0.2, -0.15) is 0 Å². The summed E-state index contributed by atoms with van der Waals surface area (Å²) in [5.41, 5.74) is 0.514. The molecule has 7 heteroatoms. The highest BCUT2D eigenvalue weighted by Crippen LogP contribution is 2.21. The summed E-state index contributed by atoms with van der Waals surface area (Å²) in [6.07, 6.45) is 1.25. The molecule has 0 aliphatic heterocycles. The number of ether oxygens (including phenoxy) is 1. The van der Waals surface area contributed by atoms with Crippen molar-refractivity contribution in [3.05, 3.63) is 24.3 Å². The largest absolute Gasteiger partial charge is 0.497 e. The van der Waals surface area contributed by atoms with E-state index in [-0.39, 0.29) is 18.9 Å². The van der Waals surface area contributed by atoms with E-state index in [0.717, 1.165) is 6.26 Å². The predicted molar refractivity (Wildman–Crippen MR) is 87.6 cm³/mol. The topological polar surface area (TPSA) is 75.7 Å². The molecule has 0 aliphatic rings. The van der Waals surface area contributed by atoms with Crippen molar-refractivity contribution in [3.8, 4) is 5.75 Å². The van der Waals surface area contributed by atoms with Crippen molar-refractivity contribution in [2.75, 3.05) is 30.8 Å². The number of methoxy groups -OCH3 is 1. The maximum absolute atomic E-state index is 11.9. The van der Waals surface area contributed by atoms with Gasteiger partial charge in [0.2, 0.25) is 15.9 Å². The number of hydrogen-bond acceptors (Lipinski definition) is 4. The van der Waals surface area contributed by atoms with Crippen molar-refractivity contribution in [1.29, 1.82) is 0 Å². The number of amides is 1. The lowest BCUT2D eigenvalue weighted by atomic mass is 10.2. The second kappa shape index (κ2) is 8.03. The van der Waals surface area contributed by atoms with Crippen LogP contribution in [0, 0.1) is 5.92 Å². The highest BCUT2D eigenvalue weighted by molar-refractivity contribution is 7.92. The van der Waals surface area contributed by atoms with Crippen molar-refractivity contribution in [2.24, 2.45) is 5.92 Å².